The first kappa shape index (κ1) is 50.8. The summed E-state index contributed by atoms with van der Waals surface area (Å²) in [5, 5.41) is 3.87. The van der Waals surface area contributed by atoms with E-state index in [0.717, 1.165) is 128 Å². The molecule has 11 heteroatoms. The van der Waals surface area contributed by atoms with Crippen LogP contribution in [0.25, 0.3) is 64.5 Å². The van der Waals surface area contributed by atoms with Gasteiger partial charge >= 0.3 is 0 Å². The Labute approximate surface area is 412 Å². The van der Waals surface area contributed by atoms with Crippen molar-refractivity contribution in [1.82, 2.24) is 8.75 Å². The molecule has 8 nitrogen and oxygen atoms in total. The third-order valence-electron chi connectivity index (χ3n) is 13.3. The first-order valence-corrected chi connectivity index (χ1v) is 28.4. The lowest BCUT2D eigenvalue weighted by molar-refractivity contribution is 0.232. The Bertz CT molecular complexity index is 2440. The highest BCUT2D eigenvalue weighted by atomic mass is 32.1. The average Bonchev–Trinajstić information content (AvgIpc) is 4.22. The second-order valence-corrected chi connectivity index (χ2v) is 20.9. The van der Waals surface area contributed by atoms with Gasteiger partial charge < -0.3 is 27.8 Å². The van der Waals surface area contributed by atoms with Gasteiger partial charge in [0.1, 0.15) is 16.8 Å². The van der Waals surface area contributed by atoms with Crippen LogP contribution in [0.5, 0.6) is 23.0 Å². The van der Waals surface area contributed by atoms with Crippen LogP contribution in [0.2, 0.25) is 0 Å². The number of nitrogens with zero attached hydrogens (tertiary/aromatic N) is 2. The fourth-order valence-corrected chi connectivity index (χ4v) is 11.4. The molecule has 364 valence electrons. The summed E-state index contributed by atoms with van der Waals surface area (Å²) in [6.45, 7) is 16.0. The number of hydrogen-bond donors (Lipinski definition) is 0. The Morgan fingerprint density at radius 3 is 1.66 bits per heavy atom. The number of furan rings is 2. The van der Waals surface area contributed by atoms with Crippen molar-refractivity contribution in [2.75, 3.05) is 26.4 Å². The van der Waals surface area contributed by atoms with Crippen LogP contribution in [0.3, 0.4) is 0 Å². The van der Waals surface area contributed by atoms with E-state index in [9.17, 15) is 0 Å². The van der Waals surface area contributed by atoms with Crippen LogP contribution in [0.1, 0.15) is 170 Å². The fourth-order valence-electron chi connectivity index (χ4n) is 9.07. The van der Waals surface area contributed by atoms with Crippen LogP contribution < -0.4 is 18.9 Å². The Morgan fingerprint density at radius 1 is 0.537 bits per heavy atom. The summed E-state index contributed by atoms with van der Waals surface area (Å²) < 4.78 is 50.8. The van der Waals surface area contributed by atoms with Crippen LogP contribution in [0, 0.1) is 11.8 Å². The zero-order valence-electron chi connectivity index (χ0n) is 41.3. The van der Waals surface area contributed by atoms with Gasteiger partial charge in [0.15, 0.2) is 34.2 Å². The van der Waals surface area contributed by atoms with Crippen LogP contribution >= 0.6 is 34.4 Å². The lowest BCUT2D eigenvalue weighted by Crippen LogP contribution is -2.12. The van der Waals surface area contributed by atoms with E-state index in [1.54, 1.807) is 28.9 Å². The normalized spacial score (nSPS) is 12.7. The Kier molecular flexibility index (Phi) is 20.2. The van der Waals surface area contributed by atoms with Gasteiger partial charge in [0.2, 0.25) is 0 Å². The third kappa shape index (κ3) is 12.8. The molecule has 0 amide bonds. The van der Waals surface area contributed by atoms with Crippen molar-refractivity contribution >= 4 is 67.4 Å². The van der Waals surface area contributed by atoms with Gasteiger partial charge in [-0.05, 0) is 73.2 Å². The molecule has 7 rings (SSSR count). The molecular formula is C56H76N2O6S3. The number of fused-ring (bicyclic) bond motifs is 3. The van der Waals surface area contributed by atoms with Gasteiger partial charge in [0.05, 0.1) is 71.2 Å². The fraction of sp³-hybridized carbons (Fsp3) is 0.571. The molecule has 0 saturated carbocycles. The maximum absolute atomic E-state index is 7.00. The second kappa shape index (κ2) is 26.6. The molecular weight excluding hydrogens is 893 g/mol. The minimum atomic E-state index is 0.450. The lowest BCUT2D eigenvalue weighted by Gasteiger charge is -2.20. The summed E-state index contributed by atoms with van der Waals surface area (Å²) in [7, 11) is 0. The average molecular weight is 969 g/mol. The number of hydrogen-bond acceptors (Lipinski definition) is 11. The van der Waals surface area contributed by atoms with Gasteiger partial charge in [-0.15, -0.1) is 22.7 Å². The van der Waals surface area contributed by atoms with Gasteiger partial charge in [0.25, 0.3) is 0 Å². The smallest absolute Gasteiger partial charge is 0.181 e. The van der Waals surface area contributed by atoms with Crippen LogP contribution in [-0.4, -0.2) is 35.2 Å². The summed E-state index contributed by atoms with van der Waals surface area (Å²) in [6.07, 6.45) is 25.1. The zero-order valence-corrected chi connectivity index (χ0v) is 43.8. The molecule has 67 heavy (non-hydrogen) atoms. The van der Waals surface area contributed by atoms with Crippen molar-refractivity contribution in [2.45, 2.75) is 170 Å². The number of aromatic nitrogens is 2. The highest BCUT2D eigenvalue weighted by Gasteiger charge is 2.30. The first-order valence-electron chi connectivity index (χ1n) is 26.0. The lowest BCUT2D eigenvalue weighted by atomic mass is 10.0. The van der Waals surface area contributed by atoms with Crippen molar-refractivity contribution < 1.29 is 27.8 Å². The molecule has 7 aromatic rings. The minimum absolute atomic E-state index is 0.450. The summed E-state index contributed by atoms with van der Waals surface area (Å²) in [6, 6.07) is 12.7. The van der Waals surface area contributed by atoms with E-state index in [1.807, 2.05) is 6.07 Å². The zero-order chi connectivity index (χ0) is 46.8. The van der Waals surface area contributed by atoms with Gasteiger partial charge in [0, 0.05) is 9.75 Å². The van der Waals surface area contributed by atoms with Crippen molar-refractivity contribution in [2.24, 2.45) is 11.8 Å². The SMILES string of the molecule is CCCCCCCCOc1c(OCCCCCCCC)c(-c2ccc(-c3cc4c(OCC(CC)CCCC)c5occc5c(OCC(CC)CCCC)c4o3)s2)c2nsnc2c1-c1cccs1. The van der Waals surface area contributed by atoms with E-state index in [1.165, 1.54) is 88.8 Å². The number of rotatable bonds is 33. The van der Waals surface area contributed by atoms with E-state index < -0.39 is 0 Å². The van der Waals surface area contributed by atoms with Crippen LogP contribution in [0.4, 0.5) is 0 Å². The van der Waals surface area contributed by atoms with Gasteiger partial charge in [-0.25, -0.2) is 0 Å². The highest BCUT2D eigenvalue weighted by Crippen LogP contribution is 2.54. The standard InChI is InChI=1S/C56H76N2O6S3/c1-7-13-17-19-21-23-32-59-55-47(45-28-25-35-65-45)49-50(58-67-57-49)48(56(55)60-33-24-22-20-18-14-8-2)46-30-29-44(66-46)43-36-42-53(63-38-40(12-6)27-16-10-4)51-41(31-34-61-51)52(54(42)64-43)62-37-39(11-5)26-15-9-3/h25,28-31,34-36,39-40H,7-24,26-27,32-33,37-38H2,1-6H3. The molecule has 0 bridgehead atoms. The van der Waals surface area contributed by atoms with E-state index in [2.05, 4.69) is 77.3 Å². The molecule has 5 aromatic heterocycles. The monoisotopic (exact) mass is 968 g/mol. The van der Waals surface area contributed by atoms with E-state index in [0.29, 0.717) is 49.4 Å². The molecule has 0 saturated heterocycles. The summed E-state index contributed by atoms with van der Waals surface area (Å²) in [5.41, 5.74) is 5.00. The number of benzene rings is 2. The Morgan fingerprint density at radius 2 is 1.09 bits per heavy atom. The molecule has 0 fully saturated rings. The number of ether oxygens (including phenoxy) is 4. The molecule has 2 atom stereocenters. The predicted octanol–water partition coefficient (Wildman–Crippen LogP) is 19.0. The number of unbranched alkanes of at least 4 members (excludes halogenated alkanes) is 12. The van der Waals surface area contributed by atoms with E-state index >= 15 is 0 Å². The largest absolute Gasteiger partial charge is 0.489 e. The Hall–Kier alpha value is -4.06. The van der Waals surface area contributed by atoms with E-state index in [-0.39, 0.29) is 0 Å². The molecule has 2 unspecified atom stereocenters. The minimum Gasteiger partial charge on any atom is -0.489 e. The van der Waals surface area contributed by atoms with Gasteiger partial charge in [-0.2, -0.15) is 8.75 Å². The Balaban J connectivity index is 1.31. The van der Waals surface area contributed by atoms with Crippen molar-refractivity contribution in [3.63, 3.8) is 0 Å². The molecule has 2 aromatic carbocycles. The van der Waals surface area contributed by atoms with Crippen LogP contribution in [-0.2, 0) is 0 Å². The van der Waals surface area contributed by atoms with Crippen molar-refractivity contribution in [1.29, 1.82) is 0 Å². The maximum atomic E-state index is 7.00. The molecule has 0 spiro atoms. The molecule has 0 aliphatic carbocycles. The summed E-state index contributed by atoms with van der Waals surface area (Å²) >= 11 is 4.63. The molecule has 0 radical (unpaired) electrons. The second-order valence-electron chi connectivity index (χ2n) is 18.4. The summed E-state index contributed by atoms with van der Waals surface area (Å²) in [5.74, 6) is 4.63. The van der Waals surface area contributed by atoms with Crippen molar-refractivity contribution in [3.05, 3.63) is 48.0 Å². The topological polar surface area (TPSA) is 89.0 Å². The highest BCUT2D eigenvalue weighted by molar-refractivity contribution is 7.19. The number of thiophene rings is 2. The third-order valence-corrected chi connectivity index (χ3v) is 15.8. The summed E-state index contributed by atoms with van der Waals surface area (Å²) in [4.78, 5) is 3.12. The van der Waals surface area contributed by atoms with Crippen molar-refractivity contribution in [3.8, 4) is 54.5 Å². The van der Waals surface area contributed by atoms with E-state index in [4.69, 9.17) is 36.5 Å². The molecule has 0 aliphatic rings. The van der Waals surface area contributed by atoms with Crippen LogP contribution in [0.15, 0.2) is 56.9 Å². The quantitative estimate of drug-likeness (QED) is 0.0376. The van der Waals surface area contributed by atoms with Gasteiger partial charge in [-0.1, -0.05) is 150 Å². The molecule has 0 aliphatic heterocycles. The van der Waals surface area contributed by atoms with Gasteiger partial charge in [-0.3, -0.25) is 0 Å². The maximum Gasteiger partial charge on any atom is 0.181 e. The molecule has 5 heterocycles. The molecule has 0 N–H and O–H groups in total. The first-order chi connectivity index (χ1) is 33.0. The predicted molar refractivity (Wildman–Crippen MR) is 284 cm³/mol.